The molecule has 0 amide bonds. The highest BCUT2D eigenvalue weighted by Gasteiger charge is 2.55. The molecule has 1 heterocycles. The summed E-state index contributed by atoms with van der Waals surface area (Å²) in [6, 6.07) is 0. The van der Waals surface area contributed by atoms with Crippen molar-refractivity contribution in [3.63, 3.8) is 0 Å². The van der Waals surface area contributed by atoms with Crippen molar-refractivity contribution < 1.29 is 14.6 Å². The van der Waals surface area contributed by atoms with Crippen LogP contribution in [0.5, 0.6) is 0 Å². The van der Waals surface area contributed by atoms with Crippen LogP contribution in [0.1, 0.15) is 33.6 Å². The summed E-state index contributed by atoms with van der Waals surface area (Å²) in [5.74, 6) is 1.26. The summed E-state index contributed by atoms with van der Waals surface area (Å²) in [5.41, 5.74) is 1.30. The lowest BCUT2D eigenvalue weighted by Crippen LogP contribution is -2.49. The molecule has 1 aliphatic heterocycles. The van der Waals surface area contributed by atoms with E-state index in [1.54, 1.807) is 0 Å². The van der Waals surface area contributed by atoms with Crippen LogP contribution in [0.4, 0.5) is 0 Å². The predicted octanol–water partition coefficient (Wildman–Crippen LogP) is 2.15. The van der Waals surface area contributed by atoms with Crippen LogP contribution >= 0.6 is 0 Å². The van der Waals surface area contributed by atoms with Crippen molar-refractivity contribution in [2.45, 2.75) is 45.8 Å². The Kier molecular flexibility index (Phi) is 2.77. The van der Waals surface area contributed by atoms with E-state index in [1.807, 2.05) is 6.92 Å². The summed E-state index contributed by atoms with van der Waals surface area (Å²) in [4.78, 5) is 11.8. The molecule has 2 fully saturated rings. The van der Waals surface area contributed by atoms with E-state index in [0.717, 1.165) is 12.8 Å². The fourth-order valence-electron chi connectivity index (χ4n) is 4.41. The zero-order valence-corrected chi connectivity index (χ0v) is 11.3. The summed E-state index contributed by atoms with van der Waals surface area (Å²) < 4.78 is 5.62. The molecule has 1 saturated heterocycles. The Balaban J connectivity index is 1.98. The van der Waals surface area contributed by atoms with Gasteiger partial charge in [-0.1, -0.05) is 25.5 Å². The molecule has 7 atom stereocenters. The Labute approximate surface area is 108 Å². The third-order valence-electron chi connectivity index (χ3n) is 5.41. The smallest absolute Gasteiger partial charge is 0.309 e. The van der Waals surface area contributed by atoms with E-state index in [9.17, 15) is 9.90 Å². The van der Waals surface area contributed by atoms with Crippen LogP contribution in [0.3, 0.4) is 0 Å². The number of carbonyl (C=O) groups is 1. The standard InChI is InChI=1S/C15H22O3/c1-7-4-5-11(16)12-8(2)6-10-9(3)15(17)18-14(10)13(7)12/h4,8-14,16H,5-6H2,1-3H3/t8-,9+,10+,11-,12-,13+,14+/m1/s1. The average Bonchev–Trinajstić information content (AvgIpc) is 2.60. The fourth-order valence-corrected chi connectivity index (χ4v) is 4.41. The SMILES string of the molecule is CC1=CC[C@@H](O)[C@@H]2[C@H]1[C@H]1OC(=O)[C@@H](C)[C@@H]1C[C@H]2C. The summed E-state index contributed by atoms with van der Waals surface area (Å²) in [5, 5.41) is 10.3. The number of fused-ring (bicyclic) bond motifs is 3. The van der Waals surface area contributed by atoms with Gasteiger partial charge in [-0.2, -0.15) is 0 Å². The van der Waals surface area contributed by atoms with Gasteiger partial charge in [-0.25, -0.2) is 0 Å². The molecule has 0 radical (unpaired) electrons. The molecule has 3 aliphatic rings. The van der Waals surface area contributed by atoms with Crippen molar-refractivity contribution in [3.8, 4) is 0 Å². The largest absolute Gasteiger partial charge is 0.461 e. The van der Waals surface area contributed by atoms with Crippen molar-refractivity contribution >= 4 is 5.97 Å². The molecule has 100 valence electrons. The highest BCUT2D eigenvalue weighted by atomic mass is 16.6. The first-order valence-corrected chi connectivity index (χ1v) is 7.06. The maximum absolute atomic E-state index is 11.8. The molecular formula is C15H22O3. The van der Waals surface area contributed by atoms with E-state index in [0.29, 0.717) is 11.8 Å². The normalized spacial score (nSPS) is 51.2. The molecule has 18 heavy (non-hydrogen) atoms. The first kappa shape index (κ1) is 12.2. The number of carbonyl (C=O) groups excluding carboxylic acids is 1. The Morgan fingerprint density at radius 2 is 2.11 bits per heavy atom. The molecule has 0 aromatic rings. The zero-order valence-electron chi connectivity index (χ0n) is 11.3. The van der Waals surface area contributed by atoms with E-state index < -0.39 is 0 Å². The molecule has 3 rings (SSSR count). The molecular weight excluding hydrogens is 228 g/mol. The van der Waals surface area contributed by atoms with E-state index >= 15 is 0 Å². The first-order chi connectivity index (χ1) is 8.50. The molecule has 1 N–H and O–H groups in total. The number of rotatable bonds is 0. The second-order valence-corrected chi connectivity index (χ2v) is 6.42. The number of aliphatic hydroxyl groups excluding tert-OH is 1. The van der Waals surface area contributed by atoms with E-state index in [4.69, 9.17) is 4.74 Å². The third kappa shape index (κ3) is 1.56. The molecule has 0 unspecified atom stereocenters. The highest BCUT2D eigenvalue weighted by Crippen LogP contribution is 2.52. The third-order valence-corrected chi connectivity index (χ3v) is 5.41. The molecule has 0 aromatic heterocycles. The van der Waals surface area contributed by atoms with Crippen LogP contribution in [-0.4, -0.2) is 23.3 Å². The number of esters is 1. The highest BCUT2D eigenvalue weighted by molar-refractivity contribution is 5.75. The molecule has 1 saturated carbocycles. The number of ether oxygens (including phenoxy) is 1. The van der Waals surface area contributed by atoms with Gasteiger partial charge in [0, 0.05) is 11.8 Å². The summed E-state index contributed by atoms with van der Waals surface area (Å²) in [6.07, 6.45) is 3.60. The molecule has 3 heteroatoms. The van der Waals surface area contributed by atoms with E-state index in [2.05, 4.69) is 19.9 Å². The number of aliphatic hydroxyl groups is 1. The van der Waals surface area contributed by atoms with Crippen LogP contribution in [0, 0.1) is 29.6 Å². The minimum Gasteiger partial charge on any atom is -0.461 e. The number of hydrogen-bond acceptors (Lipinski definition) is 3. The molecule has 2 aliphatic carbocycles. The van der Waals surface area contributed by atoms with Crippen molar-refractivity contribution in [2.75, 3.05) is 0 Å². The van der Waals surface area contributed by atoms with Gasteiger partial charge in [0.2, 0.25) is 0 Å². The van der Waals surface area contributed by atoms with Gasteiger partial charge in [0.1, 0.15) is 6.10 Å². The van der Waals surface area contributed by atoms with Crippen LogP contribution in [-0.2, 0) is 9.53 Å². The summed E-state index contributed by atoms with van der Waals surface area (Å²) >= 11 is 0. The Bertz CT molecular complexity index is 401. The van der Waals surface area contributed by atoms with Gasteiger partial charge < -0.3 is 9.84 Å². The van der Waals surface area contributed by atoms with E-state index in [-0.39, 0.29) is 35.9 Å². The van der Waals surface area contributed by atoms with Crippen LogP contribution in [0.2, 0.25) is 0 Å². The lowest BCUT2D eigenvalue weighted by Gasteiger charge is -2.47. The van der Waals surface area contributed by atoms with Crippen LogP contribution in [0.25, 0.3) is 0 Å². The van der Waals surface area contributed by atoms with Gasteiger partial charge in [0.15, 0.2) is 0 Å². The summed E-state index contributed by atoms with van der Waals surface area (Å²) in [7, 11) is 0. The van der Waals surface area contributed by atoms with Crippen molar-refractivity contribution in [3.05, 3.63) is 11.6 Å². The topological polar surface area (TPSA) is 46.5 Å². The van der Waals surface area contributed by atoms with Gasteiger partial charge in [-0.15, -0.1) is 0 Å². The Hall–Kier alpha value is -0.830. The molecule has 3 nitrogen and oxygen atoms in total. The fraction of sp³-hybridized carbons (Fsp3) is 0.800. The van der Waals surface area contributed by atoms with Gasteiger partial charge in [0.25, 0.3) is 0 Å². The first-order valence-electron chi connectivity index (χ1n) is 7.06. The maximum atomic E-state index is 11.8. The minimum atomic E-state index is -0.274. The Morgan fingerprint density at radius 3 is 2.83 bits per heavy atom. The Morgan fingerprint density at radius 1 is 1.39 bits per heavy atom. The monoisotopic (exact) mass is 250 g/mol. The predicted molar refractivity (Wildman–Crippen MR) is 67.7 cm³/mol. The summed E-state index contributed by atoms with van der Waals surface area (Å²) in [6.45, 7) is 6.32. The van der Waals surface area contributed by atoms with Gasteiger partial charge >= 0.3 is 5.97 Å². The van der Waals surface area contributed by atoms with Gasteiger partial charge in [-0.3, -0.25) is 4.79 Å². The minimum absolute atomic E-state index is 0.0000926. The molecule has 0 aromatic carbocycles. The van der Waals surface area contributed by atoms with Crippen molar-refractivity contribution in [1.29, 1.82) is 0 Å². The lowest BCUT2D eigenvalue weighted by molar-refractivity contribution is -0.148. The second kappa shape index (κ2) is 4.09. The molecule has 0 bridgehead atoms. The van der Waals surface area contributed by atoms with Gasteiger partial charge in [-0.05, 0) is 31.6 Å². The lowest BCUT2D eigenvalue weighted by atomic mass is 9.59. The zero-order chi connectivity index (χ0) is 13.0. The average molecular weight is 250 g/mol. The van der Waals surface area contributed by atoms with Gasteiger partial charge in [0.05, 0.1) is 12.0 Å². The second-order valence-electron chi connectivity index (χ2n) is 6.42. The van der Waals surface area contributed by atoms with E-state index in [1.165, 1.54) is 5.57 Å². The van der Waals surface area contributed by atoms with Crippen molar-refractivity contribution in [2.24, 2.45) is 29.6 Å². The molecule has 0 spiro atoms. The maximum Gasteiger partial charge on any atom is 0.309 e. The number of hydrogen-bond donors (Lipinski definition) is 1. The van der Waals surface area contributed by atoms with Crippen molar-refractivity contribution in [1.82, 2.24) is 0 Å². The van der Waals surface area contributed by atoms with Crippen LogP contribution in [0.15, 0.2) is 11.6 Å². The van der Waals surface area contributed by atoms with Crippen LogP contribution < -0.4 is 0 Å². The quantitative estimate of drug-likeness (QED) is 0.529.